The molecular weight excluding hydrogens is 999 g/mol. The second kappa shape index (κ2) is 60.0. The van der Waals surface area contributed by atoms with Gasteiger partial charge in [-0.15, -0.1) is 0 Å². The van der Waals surface area contributed by atoms with E-state index in [1.165, 1.54) is 141 Å². The van der Waals surface area contributed by atoms with Crippen LogP contribution in [0.3, 0.4) is 0 Å². The minimum Gasteiger partial charge on any atom is -0.462 e. The van der Waals surface area contributed by atoms with Crippen LogP contribution in [0, 0.1) is 0 Å². The van der Waals surface area contributed by atoms with Crippen molar-refractivity contribution in [1.29, 1.82) is 0 Å². The Kier molecular flexibility index (Phi) is 56.5. The Bertz CT molecular complexity index is 1390. The van der Waals surface area contributed by atoms with Crippen molar-refractivity contribution in [3.8, 4) is 0 Å². The van der Waals surface area contributed by atoms with Crippen LogP contribution < -0.4 is 5.32 Å². The fourth-order valence-corrected chi connectivity index (χ4v) is 9.72. The molecule has 0 aliphatic heterocycles. The standard InChI is InChI=1S/C65H123N3O11/c1-5-9-13-17-23-31-39-59(40-32-24-18-14-10-6-2)78-63(69)43-35-27-21-29-37-46-75-56-61(57-76-54-53-74-52-51-73-50-49-72-48-45-67-65(71)62-55-66-58-68-62)77-47-38-30-22-28-36-44-64(70)79-60(41-33-25-19-15-11-7-3)42-34-26-20-16-12-8-4/h55,58-61H,5-54,56-57H2,1-4H3,(H,66,68)(H,67,71). The summed E-state index contributed by atoms with van der Waals surface area (Å²) in [4.78, 5) is 44.3. The van der Waals surface area contributed by atoms with E-state index < -0.39 is 0 Å². The zero-order valence-electron chi connectivity index (χ0n) is 51.6. The van der Waals surface area contributed by atoms with Gasteiger partial charge in [-0.05, 0) is 77.0 Å². The van der Waals surface area contributed by atoms with Crippen LogP contribution in [0.15, 0.2) is 12.5 Å². The third-order valence-electron chi connectivity index (χ3n) is 14.7. The molecule has 1 aromatic heterocycles. The quantitative estimate of drug-likeness (QED) is 0.0469. The summed E-state index contributed by atoms with van der Waals surface area (Å²) in [6.45, 7) is 14.7. The van der Waals surface area contributed by atoms with Crippen LogP contribution in [0.1, 0.15) is 295 Å². The zero-order valence-corrected chi connectivity index (χ0v) is 51.6. The summed E-state index contributed by atoms with van der Waals surface area (Å²) < 4.78 is 47.4. The van der Waals surface area contributed by atoms with Gasteiger partial charge in [-0.25, -0.2) is 4.98 Å². The fraction of sp³-hybridized carbons (Fsp3) is 0.908. The number of imidazole rings is 1. The monoisotopic (exact) mass is 1120 g/mol. The van der Waals surface area contributed by atoms with Gasteiger partial charge in [0.2, 0.25) is 0 Å². The second-order valence-electron chi connectivity index (χ2n) is 22.2. The van der Waals surface area contributed by atoms with Gasteiger partial charge < -0.3 is 48.2 Å². The number of hydrogen-bond donors (Lipinski definition) is 2. The number of unbranched alkanes of at least 4 members (excludes halogenated alkanes) is 28. The van der Waals surface area contributed by atoms with E-state index in [-0.39, 0.29) is 36.2 Å². The Labute approximate surface area is 483 Å². The number of amides is 1. The van der Waals surface area contributed by atoms with E-state index in [1.807, 2.05) is 0 Å². The van der Waals surface area contributed by atoms with Crippen molar-refractivity contribution in [3.63, 3.8) is 0 Å². The number of nitrogens with zero attached hydrogens (tertiary/aromatic N) is 1. The molecule has 1 unspecified atom stereocenters. The Morgan fingerprint density at radius 2 is 0.759 bits per heavy atom. The van der Waals surface area contributed by atoms with Crippen molar-refractivity contribution in [1.82, 2.24) is 15.3 Å². The first-order valence-corrected chi connectivity index (χ1v) is 33.1. The number of hydrogen-bond acceptors (Lipinski definition) is 12. The Balaban J connectivity index is 2.41. The summed E-state index contributed by atoms with van der Waals surface area (Å²) in [5, 5.41) is 2.77. The molecule has 464 valence electrons. The van der Waals surface area contributed by atoms with Crippen LogP contribution in [-0.4, -0.2) is 125 Å². The molecule has 0 bridgehead atoms. The number of esters is 2. The fourth-order valence-electron chi connectivity index (χ4n) is 9.72. The molecule has 0 aliphatic rings. The molecule has 0 fully saturated rings. The Morgan fingerprint density at radius 3 is 1.18 bits per heavy atom. The molecule has 1 heterocycles. The summed E-state index contributed by atoms with van der Waals surface area (Å²) >= 11 is 0. The SMILES string of the molecule is CCCCCCCCC(CCCCCCCC)OC(=O)CCCCCCCOCC(COCCOCCOCCOCCNC(=O)c1cnc[nH]1)OCCCCCCCC(=O)OC(CCCCCCCC)CCCCCCCC. The first-order chi connectivity index (χ1) is 38.9. The largest absolute Gasteiger partial charge is 0.462 e. The Morgan fingerprint density at radius 1 is 0.405 bits per heavy atom. The molecule has 1 aromatic rings. The smallest absolute Gasteiger partial charge is 0.306 e. The van der Waals surface area contributed by atoms with Gasteiger partial charge in [0.05, 0.1) is 72.0 Å². The molecule has 0 spiro atoms. The van der Waals surface area contributed by atoms with Crippen LogP contribution in [0.25, 0.3) is 0 Å². The molecule has 79 heavy (non-hydrogen) atoms. The average Bonchev–Trinajstić information content (AvgIpc) is 4.00. The number of rotatable bonds is 64. The van der Waals surface area contributed by atoms with Crippen molar-refractivity contribution in [2.75, 3.05) is 79.2 Å². The lowest BCUT2D eigenvalue weighted by molar-refractivity contribution is -0.151. The highest BCUT2D eigenvalue weighted by molar-refractivity contribution is 5.91. The minimum absolute atomic E-state index is 0.0154. The van der Waals surface area contributed by atoms with E-state index in [4.69, 9.17) is 37.9 Å². The summed E-state index contributed by atoms with van der Waals surface area (Å²) in [6, 6.07) is 0. The molecule has 1 rings (SSSR count). The van der Waals surface area contributed by atoms with Gasteiger partial charge >= 0.3 is 11.9 Å². The van der Waals surface area contributed by atoms with E-state index in [2.05, 4.69) is 43.0 Å². The topological polar surface area (TPSA) is 166 Å². The number of ether oxygens (including phenoxy) is 8. The maximum atomic E-state index is 12.9. The van der Waals surface area contributed by atoms with Gasteiger partial charge in [0, 0.05) is 32.6 Å². The maximum absolute atomic E-state index is 12.9. The molecule has 14 heteroatoms. The average molecular weight is 1120 g/mol. The third kappa shape index (κ3) is 52.0. The van der Waals surface area contributed by atoms with Crippen LogP contribution in [0.5, 0.6) is 0 Å². The van der Waals surface area contributed by atoms with E-state index in [0.717, 1.165) is 116 Å². The number of H-pyrrole nitrogens is 1. The lowest BCUT2D eigenvalue weighted by Crippen LogP contribution is -2.28. The van der Waals surface area contributed by atoms with Crippen LogP contribution in [0.2, 0.25) is 0 Å². The van der Waals surface area contributed by atoms with Gasteiger partial charge in [0.25, 0.3) is 5.91 Å². The Hall–Kier alpha value is -2.62. The number of aromatic amines is 1. The maximum Gasteiger partial charge on any atom is 0.306 e. The molecule has 2 N–H and O–H groups in total. The molecule has 1 atom stereocenters. The zero-order chi connectivity index (χ0) is 57.0. The van der Waals surface area contributed by atoms with Gasteiger partial charge in [-0.3, -0.25) is 14.4 Å². The van der Waals surface area contributed by atoms with Crippen molar-refractivity contribution in [3.05, 3.63) is 18.2 Å². The normalized spacial score (nSPS) is 12.0. The van der Waals surface area contributed by atoms with Gasteiger partial charge in [0.1, 0.15) is 24.0 Å². The van der Waals surface area contributed by atoms with Gasteiger partial charge in [-0.2, -0.15) is 0 Å². The molecular formula is C65H123N3O11. The predicted molar refractivity (Wildman–Crippen MR) is 322 cm³/mol. The summed E-state index contributed by atoms with van der Waals surface area (Å²) in [5.41, 5.74) is 0.420. The highest BCUT2D eigenvalue weighted by Gasteiger charge is 2.17. The molecule has 14 nitrogen and oxygen atoms in total. The van der Waals surface area contributed by atoms with Crippen molar-refractivity contribution in [2.45, 2.75) is 303 Å². The molecule has 0 aliphatic carbocycles. The van der Waals surface area contributed by atoms with Crippen molar-refractivity contribution in [2.24, 2.45) is 0 Å². The predicted octanol–water partition coefficient (Wildman–Crippen LogP) is 16.1. The first kappa shape index (κ1) is 74.4. The molecule has 0 saturated carbocycles. The molecule has 0 aromatic carbocycles. The van der Waals surface area contributed by atoms with Crippen LogP contribution in [-0.2, 0) is 47.5 Å². The molecule has 0 saturated heterocycles. The van der Waals surface area contributed by atoms with Crippen LogP contribution >= 0.6 is 0 Å². The lowest BCUT2D eigenvalue weighted by Gasteiger charge is -2.19. The second-order valence-corrected chi connectivity index (χ2v) is 22.2. The summed E-state index contributed by atoms with van der Waals surface area (Å²) in [6.07, 6.45) is 48.2. The molecule has 0 radical (unpaired) electrons. The first-order valence-electron chi connectivity index (χ1n) is 33.1. The van der Waals surface area contributed by atoms with E-state index in [0.29, 0.717) is 97.8 Å². The van der Waals surface area contributed by atoms with E-state index >= 15 is 0 Å². The van der Waals surface area contributed by atoms with Gasteiger partial charge in [-0.1, -0.05) is 195 Å². The van der Waals surface area contributed by atoms with E-state index in [1.54, 1.807) is 0 Å². The summed E-state index contributed by atoms with van der Waals surface area (Å²) in [5.74, 6) is -0.247. The van der Waals surface area contributed by atoms with Gasteiger partial charge in [0.15, 0.2) is 0 Å². The van der Waals surface area contributed by atoms with Crippen molar-refractivity contribution >= 4 is 17.8 Å². The van der Waals surface area contributed by atoms with Crippen LogP contribution in [0.4, 0.5) is 0 Å². The van der Waals surface area contributed by atoms with E-state index in [9.17, 15) is 14.4 Å². The number of carbonyl (C=O) groups excluding carboxylic acids is 3. The number of nitrogens with one attached hydrogen (secondary N) is 2. The van der Waals surface area contributed by atoms with Crippen molar-refractivity contribution < 1.29 is 52.3 Å². The minimum atomic E-state index is -0.212. The third-order valence-corrected chi connectivity index (χ3v) is 14.7. The number of carbonyl (C=O) groups is 3. The highest BCUT2D eigenvalue weighted by Crippen LogP contribution is 2.20. The highest BCUT2D eigenvalue weighted by atomic mass is 16.6. The number of aromatic nitrogens is 2. The molecule has 1 amide bonds. The lowest BCUT2D eigenvalue weighted by atomic mass is 10.0. The summed E-state index contributed by atoms with van der Waals surface area (Å²) in [7, 11) is 0.